The molecular weight excluding hydrogens is 218 g/mol. The fraction of sp³-hybridized carbons (Fsp3) is 0.462. The van der Waals surface area contributed by atoms with Crippen molar-refractivity contribution in [1.29, 1.82) is 0 Å². The molecule has 4 heteroatoms. The number of allylic oxidation sites excluding steroid dienone is 1. The normalized spacial score (nSPS) is 19.2. The Morgan fingerprint density at radius 2 is 2.41 bits per heavy atom. The van der Waals surface area contributed by atoms with Crippen LogP contribution in [0.1, 0.15) is 35.6 Å². The molecule has 1 aliphatic rings. The molecule has 1 aromatic heterocycles. The summed E-state index contributed by atoms with van der Waals surface area (Å²) in [7, 11) is 1.34. The number of carbonyl (C=O) groups is 1. The highest BCUT2D eigenvalue weighted by atomic mass is 16.5. The molecule has 1 N–H and O–H groups in total. The third kappa shape index (κ3) is 3.20. The molecule has 17 heavy (non-hydrogen) atoms. The second kappa shape index (κ2) is 5.68. The number of carbonyl (C=O) groups excluding carboxylic acids is 1. The standard InChI is InChI=1S/C13H17NO3/c1-16-13(15)12-8-7-11(17-12)9-14-10-5-3-2-4-6-10/h2-3,7-8,10,14H,4-6,9H2,1H3. The van der Waals surface area contributed by atoms with Crippen LogP contribution in [0.15, 0.2) is 28.7 Å². The van der Waals surface area contributed by atoms with Crippen LogP contribution < -0.4 is 5.32 Å². The molecule has 0 aliphatic heterocycles. The van der Waals surface area contributed by atoms with Crippen molar-refractivity contribution in [3.63, 3.8) is 0 Å². The van der Waals surface area contributed by atoms with Gasteiger partial charge in [0.05, 0.1) is 13.7 Å². The Labute approximate surface area is 101 Å². The Morgan fingerprint density at radius 1 is 1.53 bits per heavy atom. The monoisotopic (exact) mass is 235 g/mol. The molecule has 1 aliphatic carbocycles. The minimum absolute atomic E-state index is 0.257. The van der Waals surface area contributed by atoms with E-state index in [2.05, 4.69) is 22.2 Å². The first-order chi connectivity index (χ1) is 8.29. The van der Waals surface area contributed by atoms with Gasteiger partial charge >= 0.3 is 5.97 Å². The highest BCUT2D eigenvalue weighted by Gasteiger charge is 2.13. The van der Waals surface area contributed by atoms with Crippen LogP contribution >= 0.6 is 0 Å². The molecule has 92 valence electrons. The van der Waals surface area contributed by atoms with Crippen molar-refractivity contribution in [3.05, 3.63) is 35.8 Å². The van der Waals surface area contributed by atoms with Crippen LogP contribution in [0.3, 0.4) is 0 Å². The average molecular weight is 235 g/mol. The van der Waals surface area contributed by atoms with Crippen molar-refractivity contribution in [2.24, 2.45) is 0 Å². The van der Waals surface area contributed by atoms with Gasteiger partial charge in [0.2, 0.25) is 5.76 Å². The maximum atomic E-state index is 11.2. The SMILES string of the molecule is COC(=O)c1ccc(CNC2CC=CCC2)o1. The van der Waals surface area contributed by atoms with Crippen LogP contribution in [0, 0.1) is 0 Å². The Balaban J connectivity index is 1.84. The van der Waals surface area contributed by atoms with Gasteiger partial charge in [-0.15, -0.1) is 0 Å². The van der Waals surface area contributed by atoms with E-state index in [1.807, 2.05) is 0 Å². The predicted octanol–water partition coefficient (Wildman–Crippen LogP) is 2.26. The molecule has 1 atom stereocenters. The van der Waals surface area contributed by atoms with Crippen molar-refractivity contribution in [2.75, 3.05) is 7.11 Å². The molecule has 0 spiro atoms. The first kappa shape index (κ1) is 11.9. The molecule has 0 radical (unpaired) electrons. The summed E-state index contributed by atoms with van der Waals surface area (Å²) in [5, 5.41) is 3.41. The number of nitrogens with one attached hydrogen (secondary N) is 1. The second-order valence-electron chi connectivity index (χ2n) is 4.12. The molecule has 0 saturated carbocycles. The molecule has 4 nitrogen and oxygen atoms in total. The van der Waals surface area contributed by atoms with Crippen LogP contribution in [-0.4, -0.2) is 19.1 Å². The third-order valence-electron chi connectivity index (χ3n) is 2.88. The minimum atomic E-state index is -0.433. The minimum Gasteiger partial charge on any atom is -0.463 e. The van der Waals surface area contributed by atoms with Gasteiger partial charge in [0, 0.05) is 6.04 Å². The van der Waals surface area contributed by atoms with Gasteiger partial charge < -0.3 is 14.5 Å². The van der Waals surface area contributed by atoms with Gasteiger partial charge in [-0.05, 0) is 31.4 Å². The summed E-state index contributed by atoms with van der Waals surface area (Å²) in [5.74, 6) is 0.588. The van der Waals surface area contributed by atoms with Crippen molar-refractivity contribution in [1.82, 2.24) is 5.32 Å². The van der Waals surface area contributed by atoms with Gasteiger partial charge in [-0.1, -0.05) is 12.2 Å². The summed E-state index contributed by atoms with van der Waals surface area (Å²) in [6, 6.07) is 3.95. The van der Waals surface area contributed by atoms with E-state index in [0.717, 1.165) is 25.0 Å². The van der Waals surface area contributed by atoms with Crippen molar-refractivity contribution in [3.8, 4) is 0 Å². The lowest BCUT2D eigenvalue weighted by atomic mass is 10.0. The number of rotatable bonds is 4. The summed E-state index contributed by atoms with van der Waals surface area (Å²) < 4.78 is 9.95. The molecule has 1 heterocycles. The van der Waals surface area contributed by atoms with E-state index in [9.17, 15) is 4.79 Å². The first-order valence-electron chi connectivity index (χ1n) is 5.85. The molecular formula is C13H17NO3. The lowest BCUT2D eigenvalue weighted by Crippen LogP contribution is -2.28. The van der Waals surface area contributed by atoms with Gasteiger partial charge in [-0.2, -0.15) is 0 Å². The Hall–Kier alpha value is -1.55. The summed E-state index contributed by atoms with van der Waals surface area (Å²) in [6.07, 6.45) is 7.75. The third-order valence-corrected chi connectivity index (χ3v) is 2.88. The number of furan rings is 1. The van der Waals surface area contributed by atoms with Gasteiger partial charge in [0.25, 0.3) is 0 Å². The summed E-state index contributed by atoms with van der Waals surface area (Å²) >= 11 is 0. The average Bonchev–Trinajstić information content (AvgIpc) is 2.85. The van der Waals surface area contributed by atoms with Crippen LogP contribution in [0.2, 0.25) is 0 Å². The molecule has 1 unspecified atom stereocenters. The Bertz CT molecular complexity index is 409. The predicted molar refractivity (Wildman–Crippen MR) is 63.7 cm³/mol. The quantitative estimate of drug-likeness (QED) is 0.642. The van der Waals surface area contributed by atoms with Gasteiger partial charge in [0.15, 0.2) is 0 Å². The van der Waals surface area contributed by atoms with E-state index in [-0.39, 0.29) is 5.76 Å². The van der Waals surface area contributed by atoms with E-state index < -0.39 is 5.97 Å². The number of hydrogen-bond acceptors (Lipinski definition) is 4. The van der Waals surface area contributed by atoms with Crippen molar-refractivity contribution < 1.29 is 13.9 Å². The molecule has 0 bridgehead atoms. The van der Waals surface area contributed by atoms with E-state index in [1.165, 1.54) is 7.11 Å². The fourth-order valence-corrected chi connectivity index (χ4v) is 1.91. The summed E-state index contributed by atoms with van der Waals surface area (Å²) in [5.41, 5.74) is 0. The van der Waals surface area contributed by atoms with Gasteiger partial charge in [-0.25, -0.2) is 4.79 Å². The zero-order valence-electron chi connectivity index (χ0n) is 9.94. The van der Waals surface area contributed by atoms with Crippen LogP contribution in [0.5, 0.6) is 0 Å². The fourth-order valence-electron chi connectivity index (χ4n) is 1.91. The molecule has 0 fully saturated rings. The van der Waals surface area contributed by atoms with Crippen LogP contribution in [0.4, 0.5) is 0 Å². The number of ether oxygens (including phenoxy) is 1. The summed E-state index contributed by atoms with van der Waals surface area (Å²) in [4.78, 5) is 11.2. The molecule has 1 aromatic rings. The van der Waals surface area contributed by atoms with Crippen molar-refractivity contribution >= 4 is 5.97 Å². The Kier molecular flexibility index (Phi) is 3.98. The van der Waals surface area contributed by atoms with Gasteiger partial charge in [-0.3, -0.25) is 0 Å². The number of esters is 1. The van der Waals surface area contributed by atoms with E-state index in [1.54, 1.807) is 12.1 Å². The topological polar surface area (TPSA) is 51.5 Å². The Morgan fingerprint density at radius 3 is 3.12 bits per heavy atom. The second-order valence-corrected chi connectivity index (χ2v) is 4.12. The van der Waals surface area contributed by atoms with Crippen LogP contribution in [0.25, 0.3) is 0 Å². The molecule has 0 aromatic carbocycles. The largest absolute Gasteiger partial charge is 0.463 e. The van der Waals surface area contributed by atoms with Crippen molar-refractivity contribution in [2.45, 2.75) is 31.8 Å². The highest BCUT2D eigenvalue weighted by Crippen LogP contribution is 2.13. The van der Waals surface area contributed by atoms with E-state index >= 15 is 0 Å². The molecule has 0 amide bonds. The van der Waals surface area contributed by atoms with Gasteiger partial charge in [0.1, 0.15) is 5.76 Å². The smallest absolute Gasteiger partial charge is 0.373 e. The lowest BCUT2D eigenvalue weighted by Gasteiger charge is -2.18. The lowest BCUT2D eigenvalue weighted by molar-refractivity contribution is 0.0563. The maximum absolute atomic E-state index is 11.2. The zero-order valence-corrected chi connectivity index (χ0v) is 9.94. The zero-order chi connectivity index (χ0) is 12.1. The maximum Gasteiger partial charge on any atom is 0.373 e. The highest BCUT2D eigenvalue weighted by molar-refractivity contribution is 5.86. The molecule has 0 saturated heterocycles. The number of hydrogen-bond donors (Lipinski definition) is 1. The molecule has 2 rings (SSSR count). The first-order valence-corrected chi connectivity index (χ1v) is 5.85. The van der Waals surface area contributed by atoms with E-state index in [4.69, 9.17) is 4.42 Å². The summed E-state index contributed by atoms with van der Waals surface area (Å²) in [6.45, 7) is 0.648. The van der Waals surface area contributed by atoms with E-state index in [0.29, 0.717) is 12.6 Å². The number of methoxy groups -OCH3 is 1. The van der Waals surface area contributed by atoms with Crippen LogP contribution in [-0.2, 0) is 11.3 Å².